The van der Waals surface area contributed by atoms with E-state index in [1.165, 1.54) is 0 Å². The standard InChI is InChI=1S/C12H14F3NO2/c13-12(14,15)9-16(8-11(17)18)7-6-10-4-2-1-3-5-10/h1-5H,6-9H2,(H,17,18). The Morgan fingerprint density at radius 3 is 2.33 bits per heavy atom. The Balaban J connectivity index is 2.53. The second-order valence-electron chi connectivity index (χ2n) is 3.96. The molecule has 1 aromatic carbocycles. The number of hydrogen-bond acceptors (Lipinski definition) is 2. The quantitative estimate of drug-likeness (QED) is 0.853. The van der Waals surface area contributed by atoms with Gasteiger partial charge in [-0.05, 0) is 12.0 Å². The van der Waals surface area contributed by atoms with Crippen molar-refractivity contribution in [2.24, 2.45) is 0 Å². The molecular weight excluding hydrogens is 247 g/mol. The van der Waals surface area contributed by atoms with Gasteiger partial charge in [0.25, 0.3) is 0 Å². The Kier molecular flexibility index (Phi) is 5.15. The van der Waals surface area contributed by atoms with E-state index in [0.29, 0.717) is 6.42 Å². The lowest BCUT2D eigenvalue weighted by Crippen LogP contribution is -2.39. The van der Waals surface area contributed by atoms with Crippen molar-refractivity contribution in [1.29, 1.82) is 0 Å². The molecule has 0 atom stereocenters. The number of hydrogen-bond donors (Lipinski definition) is 1. The predicted octanol–water partition coefficient (Wildman–Crippen LogP) is 2.18. The second-order valence-corrected chi connectivity index (χ2v) is 3.96. The molecule has 0 heterocycles. The number of carboxylic acid groups (broad SMARTS) is 1. The first kappa shape index (κ1) is 14.5. The molecule has 18 heavy (non-hydrogen) atoms. The first-order valence-electron chi connectivity index (χ1n) is 5.41. The average Bonchev–Trinajstić information content (AvgIpc) is 2.24. The number of carboxylic acids is 1. The minimum atomic E-state index is -4.38. The highest BCUT2D eigenvalue weighted by Crippen LogP contribution is 2.16. The Hall–Kier alpha value is -1.56. The largest absolute Gasteiger partial charge is 0.480 e. The van der Waals surface area contributed by atoms with E-state index in [-0.39, 0.29) is 6.54 Å². The van der Waals surface area contributed by atoms with Crippen LogP contribution in [-0.2, 0) is 11.2 Å². The number of halogens is 3. The number of rotatable bonds is 6. The van der Waals surface area contributed by atoms with E-state index in [0.717, 1.165) is 10.5 Å². The molecule has 0 amide bonds. The van der Waals surface area contributed by atoms with Crippen LogP contribution in [0.25, 0.3) is 0 Å². The van der Waals surface area contributed by atoms with E-state index < -0.39 is 25.2 Å². The highest BCUT2D eigenvalue weighted by Gasteiger charge is 2.31. The van der Waals surface area contributed by atoms with Crippen LogP contribution in [0.15, 0.2) is 30.3 Å². The molecule has 1 N–H and O–H groups in total. The molecule has 0 saturated carbocycles. The summed E-state index contributed by atoms with van der Waals surface area (Å²) in [6, 6.07) is 8.99. The molecule has 0 aliphatic carbocycles. The zero-order valence-electron chi connectivity index (χ0n) is 9.65. The van der Waals surface area contributed by atoms with Crippen molar-refractivity contribution in [3.05, 3.63) is 35.9 Å². The molecular formula is C12H14F3NO2. The van der Waals surface area contributed by atoms with E-state index in [4.69, 9.17) is 5.11 Å². The Bertz CT molecular complexity index is 379. The third-order valence-corrected chi connectivity index (χ3v) is 2.32. The molecule has 3 nitrogen and oxygen atoms in total. The summed E-state index contributed by atoms with van der Waals surface area (Å²) in [5, 5.41) is 8.57. The lowest BCUT2D eigenvalue weighted by molar-refractivity contribution is -0.153. The van der Waals surface area contributed by atoms with E-state index in [2.05, 4.69) is 0 Å². The van der Waals surface area contributed by atoms with Gasteiger partial charge in [-0.2, -0.15) is 13.2 Å². The summed E-state index contributed by atoms with van der Waals surface area (Å²) >= 11 is 0. The summed E-state index contributed by atoms with van der Waals surface area (Å²) in [5.41, 5.74) is 0.884. The highest BCUT2D eigenvalue weighted by atomic mass is 19.4. The van der Waals surface area contributed by atoms with Gasteiger partial charge in [0.2, 0.25) is 0 Å². The van der Waals surface area contributed by atoms with Gasteiger partial charge >= 0.3 is 12.1 Å². The monoisotopic (exact) mass is 261 g/mol. The fourth-order valence-corrected chi connectivity index (χ4v) is 1.59. The topological polar surface area (TPSA) is 40.5 Å². The number of benzene rings is 1. The Morgan fingerprint density at radius 2 is 1.83 bits per heavy atom. The summed E-state index contributed by atoms with van der Waals surface area (Å²) in [6.45, 7) is -1.74. The van der Waals surface area contributed by atoms with E-state index in [1.54, 1.807) is 24.3 Å². The summed E-state index contributed by atoms with van der Waals surface area (Å²) in [7, 11) is 0. The Labute approximate surface area is 103 Å². The minimum Gasteiger partial charge on any atom is -0.480 e. The maximum Gasteiger partial charge on any atom is 0.401 e. The fourth-order valence-electron chi connectivity index (χ4n) is 1.59. The number of alkyl halides is 3. The number of carbonyl (C=O) groups is 1. The molecule has 0 aromatic heterocycles. The molecule has 1 aromatic rings. The van der Waals surface area contributed by atoms with Crippen LogP contribution in [0.1, 0.15) is 5.56 Å². The van der Waals surface area contributed by atoms with Gasteiger partial charge < -0.3 is 5.11 Å². The van der Waals surface area contributed by atoms with Crippen LogP contribution in [0.3, 0.4) is 0 Å². The van der Waals surface area contributed by atoms with Crippen LogP contribution in [0, 0.1) is 0 Å². The van der Waals surface area contributed by atoms with Crippen LogP contribution >= 0.6 is 0 Å². The lowest BCUT2D eigenvalue weighted by atomic mass is 10.1. The fraction of sp³-hybridized carbons (Fsp3) is 0.417. The van der Waals surface area contributed by atoms with Gasteiger partial charge in [-0.1, -0.05) is 30.3 Å². The van der Waals surface area contributed by atoms with Gasteiger partial charge in [0.1, 0.15) is 0 Å². The van der Waals surface area contributed by atoms with Gasteiger partial charge in [0.15, 0.2) is 0 Å². The molecule has 6 heteroatoms. The molecule has 0 unspecified atom stereocenters. The summed E-state index contributed by atoms with van der Waals surface area (Å²) < 4.78 is 36.7. The van der Waals surface area contributed by atoms with Crippen molar-refractivity contribution in [3.63, 3.8) is 0 Å². The molecule has 0 saturated heterocycles. The second kappa shape index (κ2) is 6.39. The van der Waals surface area contributed by atoms with Crippen LogP contribution in [0.2, 0.25) is 0 Å². The van der Waals surface area contributed by atoms with E-state index >= 15 is 0 Å². The van der Waals surface area contributed by atoms with Crippen molar-refractivity contribution in [1.82, 2.24) is 4.90 Å². The Morgan fingerprint density at radius 1 is 1.22 bits per heavy atom. The third-order valence-electron chi connectivity index (χ3n) is 2.32. The lowest BCUT2D eigenvalue weighted by Gasteiger charge is -2.21. The predicted molar refractivity (Wildman–Crippen MR) is 60.3 cm³/mol. The molecule has 0 aliphatic rings. The SMILES string of the molecule is O=C(O)CN(CCc1ccccc1)CC(F)(F)F. The van der Waals surface area contributed by atoms with Crippen molar-refractivity contribution >= 4 is 5.97 Å². The first-order valence-corrected chi connectivity index (χ1v) is 5.41. The molecule has 0 spiro atoms. The molecule has 0 radical (unpaired) electrons. The molecule has 0 aliphatic heterocycles. The van der Waals surface area contributed by atoms with Crippen molar-refractivity contribution in [2.45, 2.75) is 12.6 Å². The molecule has 100 valence electrons. The zero-order valence-corrected chi connectivity index (χ0v) is 9.65. The summed E-state index contributed by atoms with van der Waals surface area (Å²) in [4.78, 5) is 11.4. The normalized spacial score (nSPS) is 11.8. The van der Waals surface area contributed by atoms with Crippen molar-refractivity contribution < 1.29 is 23.1 Å². The van der Waals surface area contributed by atoms with Gasteiger partial charge in [-0.25, -0.2) is 0 Å². The number of nitrogens with zero attached hydrogens (tertiary/aromatic N) is 1. The smallest absolute Gasteiger partial charge is 0.401 e. The van der Waals surface area contributed by atoms with Crippen LogP contribution < -0.4 is 0 Å². The minimum absolute atomic E-state index is 0.0653. The number of aliphatic carboxylic acids is 1. The van der Waals surface area contributed by atoms with Crippen molar-refractivity contribution in [3.8, 4) is 0 Å². The van der Waals surface area contributed by atoms with E-state index in [9.17, 15) is 18.0 Å². The van der Waals surface area contributed by atoms with Gasteiger partial charge in [-0.3, -0.25) is 9.69 Å². The van der Waals surface area contributed by atoms with Crippen molar-refractivity contribution in [2.75, 3.05) is 19.6 Å². The molecule has 0 bridgehead atoms. The summed E-state index contributed by atoms with van der Waals surface area (Å²) in [5.74, 6) is -1.26. The molecule has 1 rings (SSSR count). The summed E-state index contributed by atoms with van der Waals surface area (Å²) in [6.07, 6.45) is -3.99. The molecule has 0 fully saturated rings. The van der Waals surface area contributed by atoms with Gasteiger partial charge in [0, 0.05) is 6.54 Å². The zero-order chi connectivity index (χ0) is 13.6. The van der Waals surface area contributed by atoms with Crippen LogP contribution in [0.4, 0.5) is 13.2 Å². The highest BCUT2D eigenvalue weighted by molar-refractivity contribution is 5.69. The maximum absolute atomic E-state index is 12.2. The van der Waals surface area contributed by atoms with Crippen LogP contribution in [-0.4, -0.2) is 41.8 Å². The maximum atomic E-state index is 12.2. The average molecular weight is 261 g/mol. The van der Waals surface area contributed by atoms with Gasteiger partial charge in [0.05, 0.1) is 13.1 Å². The first-order chi connectivity index (χ1) is 8.37. The third kappa shape index (κ3) is 6.24. The van der Waals surface area contributed by atoms with Gasteiger partial charge in [-0.15, -0.1) is 0 Å². The van der Waals surface area contributed by atoms with E-state index in [1.807, 2.05) is 6.07 Å². The van der Waals surface area contributed by atoms with Crippen LogP contribution in [0.5, 0.6) is 0 Å².